The fourth-order valence-corrected chi connectivity index (χ4v) is 3.27. The van der Waals surface area contributed by atoms with Crippen LogP contribution in [0.5, 0.6) is 0 Å². The molecule has 1 saturated heterocycles. The number of nitrogens with zero attached hydrogens (tertiary/aromatic N) is 4. The van der Waals surface area contributed by atoms with Gasteiger partial charge in [0, 0.05) is 62.5 Å². The third-order valence-corrected chi connectivity index (χ3v) is 5.01. The third-order valence-electron chi connectivity index (χ3n) is 4.76. The molecule has 3 rings (SSSR count). The number of oxime groups is 1. The number of piperazine rings is 1. The molecule has 0 unspecified atom stereocenters. The lowest BCUT2D eigenvalue weighted by Crippen LogP contribution is -2.47. The molecular formula is C23H27ClN4O5. The number of hydrogen-bond donors (Lipinski definition) is 2. The van der Waals surface area contributed by atoms with Crippen LogP contribution in [0.3, 0.4) is 0 Å². The van der Waals surface area contributed by atoms with Gasteiger partial charge in [0.25, 0.3) is 0 Å². The first-order valence-corrected chi connectivity index (χ1v) is 10.6. The average Bonchev–Trinajstić information content (AvgIpc) is 2.82. The van der Waals surface area contributed by atoms with Gasteiger partial charge < -0.3 is 20.0 Å². The van der Waals surface area contributed by atoms with Crippen LogP contribution >= 0.6 is 11.6 Å². The van der Waals surface area contributed by atoms with E-state index in [-0.39, 0.29) is 0 Å². The Labute approximate surface area is 197 Å². The number of halogens is 1. The predicted octanol–water partition coefficient (Wildman–Crippen LogP) is 3.01. The molecule has 1 aliphatic heterocycles. The second-order valence-electron chi connectivity index (χ2n) is 7.00. The number of rotatable bonds is 8. The molecule has 1 fully saturated rings. The minimum absolute atomic E-state index is 0.558. The van der Waals surface area contributed by atoms with E-state index in [4.69, 9.17) is 26.7 Å². The summed E-state index contributed by atoms with van der Waals surface area (Å²) in [6.07, 6.45) is 3.81. The van der Waals surface area contributed by atoms with E-state index in [0.717, 1.165) is 61.3 Å². The summed E-state index contributed by atoms with van der Waals surface area (Å²) in [6.45, 7) is 5.00. The number of aromatic nitrogens is 1. The second-order valence-corrected chi connectivity index (χ2v) is 7.44. The van der Waals surface area contributed by atoms with Gasteiger partial charge in [-0.05, 0) is 29.8 Å². The molecule has 2 heterocycles. The molecule has 0 bridgehead atoms. The maximum Gasteiger partial charge on any atom is 0.328 e. The Hall–Kier alpha value is -3.43. The van der Waals surface area contributed by atoms with Crippen molar-refractivity contribution < 1.29 is 24.6 Å². The minimum atomic E-state index is -1.26. The molecule has 1 aliphatic rings. The smallest absolute Gasteiger partial charge is 0.328 e. The number of carboxylic acids is 2. The number of carboxylic acid groups (broad SMARTS) is 2. The van der Waals surface area contributed by atoms with Gasteiger partial charge in [0.15, 0.2) is 0 Å². The summed E-state index contributed by atoms with van der Waals surface area (Å²) in [5, 5.41) is 20.5. The van der Waals surface area contributed by atoms with E-state index in [0.29, 0.717) is 12.2 Å². The van der Waals surface area contributed by atoms with Crippen molar-refractivity contribution in [2.24, 2.45) is 5.16 Å². The number of anilines is 1. The molecule has 33 heavy (non-hydrogen) atoms. The summed E-state index contributed by atoms with van der Waals surface area (Å²) < 4.78 is 0. The molecule has 0 radical (unpaired) electrons. The van der Waals surface area contributed by atoms with Crippen LogP contribution in [0.1, 0.15) is 12.0 Å². The normalized spacial score (nSPS) is 14.5. The van der Waals surface area contributed by atoms with Crippen LogP contribution in [0.2, 0.25) is 5.02 Å². The van der Waals surface area contributed by atoms with Crippen molar-refractivity contribution in [3.63, 3.8) is 0 Å². The van der Waals surface area contributed by atoms with E-state index in [2.05, 4.69) is 26.0 Å². The largest absolute Gasteiger partial charge is 0.478 e. The minimum Gasteiger partial charge on any atom is -0.478 e. The predicted molar refractivity (Wildman–Crippen MR) is 127 cm³/mol. The SMILES string of the molecule is CO/N=C(\CCN1CCN(c2ccccn2)CC1)c1ccc(Cl)cc1.O=C(O)/C=C\C(=O)O. The van der Waals surface area contributed by atoms with Gasteiger partial charge in [0.05, 0.1) is 5.71 Å². The average molecular weight is 475 g/mol. The van der Waals surface area contributed by atoms with Gasteiger partial charge in [0.2, 0.25) is 0 Å². The molecule has 176 valence electrons. The van der Waals surface area contributed by atoms with Crippen LogP contribution in [-0.4, -0.2) is 77.6 Å². The van der Waals surface area contributed by atoms with Crippen molar-refractivity contribution in [1.82, 2.24) is 9.88 Å². The van der Waals surface area contributed by atoms with Crippen molar-refractivity contribution in [2.75, 3.05) is 44.7 Å². The van der Waals surface area contributed by atoms with E-state index < -0.39 is 11.9 Å². The molecular weight excluding hydrogens is 448 g/mol. The van der Waals surface area contributed by atoms with Gasteiger partial charge in [-0.3, -0.25) is 4.90 Å². The van der Waals surface area contributed by atoms with E-state index >= 15 is 0 Å². The van der Waals surface area contributed by atoms with E-state index in [1.54, 1.807) is 7.11 Å². The molecule has 2 N–H and O–H groups in total. The quantitative estimate of drug-likeness (QED) is 0.341. The third kappa shape index (κ3) is 9.71. The van der Waals surface area contributed by atoms with Crippen molar-refractivity contribution in [3.8, 4) is 0 Å². The van der Waals surface area contributed by atoms with Crippen molar-refractivity contribution in [3.05, 3.63) is 71.4 Å². The summed E-state index contributed by atoms with van der Waals surface area (Å²) in [4.78, 5) is 33.4. The number of benzene rings is 1. The lowest BCUT2D eigenvalue weighted by atomic mass is 10.1. The van der Waals surface area contributed by atoms with Gasteiger partial charge >= 0.3 is 11.9 Å². The Kier molecular flexibility index (Phi) is 10.9. The standard InChI is InChI=1S/C19H23ClN4O.C4H4O4/c1-25-22-18(16-5-7-17(20)8-6-16)9-11-23-12-14-24(15-13-23)19-4-2-3-10-21-19;5-3(6)1-2-4(7)8/h2-8,10H,9,11-15H2,1H3;1-2H,(H,5,6)(H,7,8)/b22-18+;2-1-. The topological polar surface area (TPSA) is 116 Å². The highest BCUT2D eigenvalue weighted by Gasteiger charge is 2.18. The van der Waals surface area contributed by atoms with E-state index in [1.807, 2.05) is 42.6 Å². The van der Waals surface area contributed by atoms with Crippen LogP contribution in [0, 0.1) is 0 Å². The maximum absolute atomic E-state index is 9.55. The van der Waals surface area contributed by atoms with Crippen LogP contribution < -0.4 is 4.90 Å². The number of hydrogen-bond acceptors (Lipinski definition) is 7. The highest BCUT2D eigenvalue weighted by atomic mass is 35.5. The summed E-state index contributed by atoms with van der Waals surface area (Å²) >= 11 is 5.97. The Balaban J connectivity index is 0.000000414. The fraction of sp³-hybridized carbons (Fsp3) is 0.304. The van der Waals surface area contributed by atoms with E-state index in [9.17, 15) is 9.59 Å². The highest BCUT2D eigenvalue weighted by molar-refractivity contribution is 6.30. The van der Waals surface area contributed by atoms with Crippen LogP contribution in [0.25, 0.3) is 0 Å². The summed E-state index contributed by atoms with van der Waals surface area (Å²) in [5.74, 6) is -1.45. The number of carbonyl (C=O) groups is 2. The molecule has 0 saturated carbocycles. The first-order valence-electron chi connectivity index (χ1n) is 10.3. The van der Waals surface area contributed by atoms with Gasteiger partial charge in [-0.15, -0.1) is 0 Å². The maximum atomic E-state index is 9.55. The van der Waals surface area contributed by atoms with Crippen LogP contribution in [0.4, 0.5) is 5.82 Å². The molecule has 9 nitrogen and oxygen atoms in total. The molecule has 0 aliphatic carbocycles. The van der Waals surface area contributed by atoms with Crippen molar-refractivity contribution in [1.29, 1.82) is 0 Å². The van der Waals surface area contributed by atoms with E-state index in [1.165, 1.54) is 0 Å². The van der Waals surface area contributed by atoms with Gasteiger partial charge in [-0.1, -0.05) is 35.0 Å². The number of pyridine rings is 1. The number of aliphatic carboxylic acids is 2. The van der Waals surface area contributed by atoms with Crippen LogP contribution in [-0.2, 0) is 14.4 Å². The molecule has 0 atom stereocenters. The zero-order chi connectivity index (χ0) is 24.1. The molecule has 1 aromatic carbocycles. The summed E-state index contributed by atoms with van der Waals surface area (Å²) in [7, 11) is 1.58. The van der Waals surface area contributed by atoms with Crippen molar-refractivity contribution >= 4 is 35.1 Å². The molecule has 10 heteroatoms. The lowest BCUT2D eigenvalue weighted by Gasteiger charge is -2.35. The summed E-state index contributed by atoms with van der Waals surface area (Å²) in [5.41, 5.74) is 2.00. The zero-order valence-corrected chi connectivity index (χ0v) is 19.1. The molecule has 1 aromatic heterocycles. The molecule has 0 spiro atoms. The monoisotopic (exact) mass is 474 g/mol. The molecule has 2 aromatic rings. The first kappa shape index (κ1) is 25.8. The van der Waals surface area contributed by atoms with Gasteiger partial charge in [0.1, 0.15) is 12.9 Å². The van der Waals surface area contributed by atoms with Gasteiger partial charge in [-0.25, -0.2) is 14.6 Å². The fourth-order valence-electron chi connectivity index (χ4n) is 3.14. The Morgan fingerprint density at radius 2 is 1.70 bits per heavy atom. The zero-order valence-electron chi connectivity index (χ0n) is 18.3. The lowest BCUT2D eigenvalue weighted by molar-refractivity contribution is -0.134. The van der Waals surface area contributed by atoms with Crippen molar-refractivity contribution in [2.45, 2.75) is 6.42 Å². The Morgan fingerprint density at radius 3 is 2.21 bits per heavy atom. The molecule has 0 amide bonds. The van der Waals surface area contributed by atoms with Gasteiger partial charge in [-0.2, -0.15) is 0 Å². The Bertz CT molecular complexity index is 927. The second kappa shape index (κ2) is 13.9. The first-order chi connectivity index (χ1) is 15.9. The highest BCUT2D eigenvalue weighted by Crippen LogP contribution is 2.15. The van der Waals surface area contributed by atoms with Crippen LogP contribution in [0.15, 0.2) is 66.0 Å². The Morgan fingerprint density at radius 1 is 1.06 bits per heavy atom. The summed E-state index contributed by atoms with van der Waals surface area (Å²) in [6, 6.07) is 13.8.